The summed E-state index contributed by atoms with van der Waals surface area (Å²) in [6, 6.07) is 15.4. The maximum Gasteiger partial charge on any atom is 0.273 e. The molecule has 1 N–H and O–H groups in total. The average molecular weight is 543 g/mol. The summed E-state index contributed by atoms with van der Waals surface area (Å²) < 4.78 is 25.2. The van der Waals surface area contributed by atoms with Crippen LogP contribution in [0, 0.1) is 11.7 Å². The van der Waals surface area contributed by atoms with Gasteiger partial charge in [0.2, 0.25) is 11.8 Å². The highest BCUT2D eigenvalue weighted by molar-refractivity contribution is 5.91. The molecule has 9 heteroatoms. The highest BCUT2D eigenvalue weighted by Crippen LogP contribution is 2.38. The molecule has 5 rings (SSSR count). The minimum absolute atomic E-state index is 0.0215. The van der Waals surface area contributed by atoms with Crippen molar-refractivity contribution in [3.05, 3.63) is 113 Å². The van der Waals surface area contributed by atoms with Crippen molar-refractivity contribution in [2.45, 2.75) is 45.9 Å². The van der Waals surface area contributed by atoms with Gasteiger partial charge >= 0.3 is 0 Å². The lowest BCUT2D eigenvalue weighted by atomic mass is 9.87. The van der Waals surface area contributed by atoms with E-state index in [0.717, 1.165) is 28.7 Å². The number of pyridine rings is 1. The first-order valence-electron chi connectivity index (χ1n) is 13.3. The van der Waals surface area contributed by atoms with Crippen LogP contribution in [-0.4, -0.2) is 33.2 Å². The topological polar surface area (TPSA) is 97.6 Å². The third-order valence-corrected chi connectivity index (χ3v) is 6.78. The minimum atomic E-state index is -0.353. The molecule has 1 aliphatic rings. The fourth-order valence-corrected chi connectivity index (χ4v) is 4.82. The second-order valence-corrected chi connectivity index (χ2v) is 10.2. The first-order valence-corrected chi connectivity index (χ1v) is 13.3. The summed E-state index contributed by atoms with van der Waals surface area (Å²) in [5.41, 5.74) is 3.97. The van der Waals surface area contributed by atoms with Gasteiger partial charge in [-0.15, -0.1) is 0 Å². The average Bonchev–Trinajstić information content (AvgIpc) is 3.44. The molecule has 0 spiro atoms. The Bertz CT molecular complexity index is 1470. The SMILES string of the molecule is CC(C)CC(=O)N1CCc2ccc(OCc3nc(C(=O)NCc4ccncc4)co3)cc2C1c1ccc(F)cc1. The molecule has 2 aromatic heterocycles. The van der Waals surface area contributed by atoms with Crippen molar-refractivity contribution in [1.82, 2.24) is 20.2 Å². The van der Waals surface area contributed by atoms with E-state index in [1.54, 1.807) is 24.5 Å². The number of fused-ring (bicyclic) bond motifs is 1. The summed E-state index contributed by atoms with van der Waals surface area (Å²) >= 11 is 0. The Morgan fingerprint density at radius 3 is 2.65 bits per heavy atom. The number of nitrogens with zero attached hydrogens (tertiary/aromatic N) is 3. The zero-order chi connectivity index (χ0) is 28.1. The Balaban J connectivity index is 1.30. The Hall–Kier alpha value is -4.53. The third-order valence-electron chi connectivity index (χ3n) is 6.78. The predicted molar refractivity (Wildman–Crippen MR) is 146 cm³/mol. The third kappa shape index (κ3) is 6.36. The molecule has 1 unspecified atom stereocenters. The lowest BCUT2D eigenvalue weighted by molar-refractivity contribution is -0.134. The van der Waals surface area contributed by atoms with Crippen molar-refractivity contribution < 1.29 is 23.1 Å². The van der Waals surface area contributed by atoms with Crippen LogP contribution >= 0.6 is 0 Å². The van der Waals surface area contributed by atoms with E-state index in [-0.39, 0.29) is 47.8 Å². The molecule has 0 fully saturated rings. The van der Waals surface area contributed by atoms with Crippen LogP contribution in [0.25, 0.3) is 0 Å². The number of carbonyl (C=O) groups is 2. The smallest absolute Gasteiger partial charge is 0.273 e. The molecule has 0 saturated carbocycles. The van der Waals surface area contributed by atoms with Crippen molar-refractivity contribution in [1.29, 1.82) is 0 Å². The summed E-state index contributed by atoms with van der Waals surface area (Å²) in [6.07, 6.45) is 5.78. The van der Waals surface area contributed by atoms with Crippen molar-refractivity contribution >= 4 is 11.8 Å². The zero-order valence-electron chi connectivity index (χ0n) is 22.5. The minimum Gasteiger partial charge on any atom is -0.484 e. The lowest BCUT2D eigenvalue weighted by Gasteiger charge is -2.38. The van der Waals surface area contributed by atoms with Gasteiger partial charge in [-0.2, -0.15) is 0 Å². The predicted octanol–water partition coefficient (Wildman–Crippen LogP) is 5.24. The number of aromatic nitrogens is 2. The Morgan fingerprint density at radius 1 is 1.12 bits per heavy atom. The molecule has 0 saturated heterocycles. The number of hydrogen-bond donors (Lipinski definition) is 1. The van der Waals surface area contributed by atoms with E-state index in [1.807, 2.05) is 49.1 Å². The lowest BCUT2D eigenvalue weighted by Crippen LogP contribution is -2.41. The number of ether oxygens (including phenoxy) is 1. The van der Waals surface area contributed by atoms with Crippen LogP contribution in [-0.2, 0) is 24.4 Å². The molecule has 0 radical (unpaired) electrons. The van der Waals surface area contributed by atoms with Crippen LogP contribution in [0.3, 0.4) is 0 Å². The number of oxazole rings is 1. The molecule has 0 aliphatic carbocycles. The van der Waals surface area contributed by atoms with Gasteiger partial charge in [-0.05, 0) is 71.0 Å². The molecule has 8 nitrogen and oxygen atoms in total. The van der Waals surface area contributed by atoms with Crippen molar-refractivity contribution in [3.63, 3.8) is 0 Å². The first-order chi connectivity index (χ1) is 19.4. The van der Waals surface area contributed by atoms with E-state index >= 15 is 0 Å². The fraction of sp³-hybridized carbons (Fsp3) is 0.290. The number of benzene rings is 2. The Kier molecular flexibility index (Phi) is 8.19. The van der Waals surface area contributed by atoms with E-state index in [4.69, 9.17) is 9.15 Å². The van der Waals surface area contributed by atoms with Gasteiger partial charge in [0.25, 0.3) is 5.91 Å². The largest absolute Gasteiger partial charge is 0.484 e. The van der Waals surface area contributed by atoms with Gasteiger partial charge in [0.15, 0.2) is 12.3 Å². The highest BCUT2D eigenvalue weighted by atomic mass is 19.1. The van der Waals surface area contributed by atoms with Crippen molar-refractivity contribution in [2.24, 2.45) is 5.92 Å². The van der Waals surface area contributed by atoms with Crippen LogP contribution < -0.4 is 10.1 Å². The van der Waals surface area contributed by atoms with E-state index in [1.165, 1.54) is 18.4 Å². The molecule has 0 bridgehead atoms. The Morgan fingerprint density at radius 2 is 1.90 bits per heavy atom. The van der Waals surface area contributed by atoms with E-state index in [2.05, 4.69) is 15.3 Å². The van der Waals surface area contributed by atoms with Crippen molar-refractivity contribution in [2.75, 3.05) is 6.54 Å². The van der Waals surface area contributed by atoms with Gasteiger partial charge in [0.05, 0.1) is 6.04 Å². The molecular formula is C31H31FN4O4. The van der Waals surface area contributed by atoms with Crippen molar-refractivity contribution in [3.8, 4) is 5.75 Å². The zero-order valence-corrected chi connectivity index (χ0v) is 22.5. The monoisotopic (exact) mass is 542 g/mol. The maximum atomic E-state index is 13.7. The number of carbonyl (C=O) groups excluding carboxylic acids is 2. The normalized spacial score (nSPS) is 14.6. The summed E-state index contributed by atoms with van der Waals surface area (Å²) in [5, 5.41) is 2.80. The first kappa shape index (κ1) is 27.1. The number of rotatable bonds is 9. The van der Waals surface area contributed by atoms with Crippen LogP contribution in [0.15, 0.2) is 77.7 Å². The van der Waals surface area contributed by atoms with Gasteiger partial charge in [0, 0.05) is 31.9 Å². The van der Waals surface area contributed by atoms with E-state index < -0.39 is 0 Å². The number of hydrogen-bond acceptors (Lipinski definition) is 6. The van der Waals surface area contributed by atoms with Crippen LogP contribution in [0.5, 0.6) is 5.75 Å². The molecule has 1 aliphatic heterocycles. The Labute approximate surface area is 232 Å². The number of amides is 2. The highest BCUT2D eigenvalue weighted by Gasteiger charge is 2.32. The molecule has 2 aromatic carbocycles. The number of halogens is 1. The number of nitrogens with one attached hydrogen (secondary N) is 1. The van der Waals surface area contributed by atoms with Crippen LogP contribution in [0.4, 0.5) is 4.39 Å². The molecule has 206 valence electrons. The van der Waals surface area contributed by atoms with Gasteiger partial charge in [-0.3, -0.25) is 14.6 Å². The van der Waals surface area contributed by atoms with Gasteiger partial charge in [-0.25, -0.2) is 9.37 Å². The van der Waals surface area contributed by atoms with E-state index in [9.17, 15) is 14.0 Å². The quantitative estimate of drug-likeness (QED) is 0.311. The molecule has 3 heterocycles. The molecule has 2 amide bonds. The molecule has 1 atom stereocenters. The molecule has 4 aromatic rings. The summed E-state index contributed by atoms with van der Waals surface area (Å²) in [7, 11) is 0. The molecule has 40 heavy (non-hydrogen) atoms. The molecular weight excluding hydrogens is 511 g/mol. The van der Waals surface area contributed by atoms with Crippen LogP contribution in [0.1, 0.15) is 64.9 Å². The second kappa shape index (κ2) is 12.1. The van der Waals surface area contributed by atoms with Gasteiger partial charge < -0.3 is 19.4 Å². The second-order valence-electron chi connectivity index (χ2n) is 10.2. The maximum absolute atomic E-state index is 13.7. The fourth-order valence-electron chi connectivity index (χ4n) is 4.82. The summed E-state index contributed by atoms with van der Waals surface area (Å²) in [4.78, 5) is 35.8. The van der Waals surface area contributed by atoms with Gasteiger partial charge in [0.1, 0.15) is 17.8 Å². The van der Waals surface area contributed by atoms with Gasteiger partial charge in [-0.1, -0.05) is 32.0 Å². The summed E-state index contributed by atoms with van der Waals surface area (Å²) in [6.45, 7) is 5.00. The summed E-state index contributed by atoms with van der Waals surface area (Å²) in [5.74, 6) is 0.445. The van der Waals surface area contributed by atoms with Crippen LogP contribution in [0.2, 0.25) is 0 Å². The van der Waals surface area contributed by atoms with E-state index in [0.29, 0.717) is 25.3 Å². The standard InChI is InChI=1S/C31H31FN4O4/c1-20(2)15-29(37)36-14-11-22-5-8-25(16-26(22)30(36)23-3-6-24(32)7-4-23)39-19-28-35-27(18-40-28)31(38)34-17-21-9-12-33-13-10-21/h3-10,12-13,16,18,20,30H,11,14-15,17,19H2,1-2H3,(H,34,38).